The van der Waals surface area contributed by atoms with Crippen molar-refractivity contribution in [2.75, 3.05) is 45.4 Å². The zero-order valence-electron chi connectivity index (χ0n) is 17.3. The van der Waals surface area contributed by atoms with Gasteiger partial charge in [0.1, 0.15) is 5.75 Å². The number of carbonyl (C=O) groups is 1. The fraction of sp³-hybridized carbons (Fsp3) is 0.476. The molecule has 9 heteroatoms. The van der Waals surface area contributed by atoms with E-state index in [0.29, 0.717) is 13.2 Å². The van der Waals surface area contributed by atoms with E-state index in [1.54, 1.807) is 25.6 Å². The summed E-state index contributed by atoms with van der Waals surface area (Å²) in [5, 5.41) is 8.69. The first-order chi connectivity index (χ1) is 14.7. The van der Waals surface area contributed by atoms with Crippen molar-refractivity contribution in [2.45, 2.75) is 19.3 Å². The number of hydrogen-bond acceptors (Lipinski definition) is 7. The van der Waals surface area contributed by atoms with Crippen molar-refractivity contribution in [3.05, 3.63) is 30.5 Å². The smallest absolute Gasteiger partial charge is 0.223 e. The van der Waals surface area contributed by atoms with Gasteiger partial charge in [-0.05, 0) is 43.5 Å². The second-order valence-corrected chi connectivity index (χ2v) is 8.30. The molecule has 1 aliphatic rings. The molecule has 160 valence electrons. The summed E-state index contributed by atoms with van der Waals surface area (Å²) in [7, 11) is 3.33. The highest BCUT2D eigenvalue weighted by molar-refractivity contribution is 7.20. The van der Waals surface area contributed by atoms with E-state index < -0.39 is 0 Å². The van der Waals surface area contributed by atoms with Gasteiger partial charge < -0.3 is 19.7 Å². The summed E-state index contributed by atoms with van der Waals surface area (Å²) in [6.07, 6.45) is 4.49. The summed E-state index contributed by atoms with van der Waals surface area (Å²) in [6.45, 7) is 3.01. The lowest BCUT2D eigenvalue weighted by molar-refractivity contribution is -0.125. The van der Waals surface area contributed by atoms with Gasteiger partial charge in [0, 0.05) is 44.8 Å². The third-order valence-electron chi connectivity index (χ3n) is 5.38. The lowest BCUT2D eigenvalue weighted by Gasteiger charge is -2.30. The zero-order valence-corrected chi connectivity index (χ0v) is 18.2. The van der Waals surface area contributed by atoms with E-state index in [-0.39, 0.29) is 11.8 Å². The summed E-state index contributed by atoms with van der Waals surface area (Å²) in [5.41, 5.74) is 1.93. The van der Waals surface area contributed by atoms with Crippen LogP contribution in [-0.2, 0) is 9.53 Å². The van der Waals surface area contributed by atoms with Crippen molar-refractivity contribution >= 4 is 27.3 Å². The van der Waals surface area contributed by atoms with E-state index in [0.717, 1.165) is 59.5 Å². The zero-order chi connectivity index (χ0) is 20.9. The standard InChI is InChI=1S/C21H27N5O3S/c1-28-13-3-10-22-19(27)16-8-11-25(12-9-16)21-24-26-14-18(23-20(26)30-21)15-4-6-17(29-2)7-5-15/h4-7,14,16H,3,8-13H2,1-2H3,(H,22,27). The molecule has 0 bridgehead atoms. The van der Waals surface area contributed by atoms with Gasteiger partial charge in [-0.15, -0.1) is 5.10 Å². The monoisotopic (exact) mass is 429 g/mol. The summed E-state index contributed by atoms with van der Waals surface area (Å²) < 4.78 is 12.1. The van der Waals surface area contributed by atoms with Crippen LogP contribution in [0.15, 0.2) is 30.5 Å². The third-order valence-corrected chi connectivity index (χ3v) is 6.36. The number of rotatable bonds is 8. The minimum atomic E-state index is 0.0783. The molecule has 30 heavy (non-hydrogen) atoms. The molecule has 1 aromatic carbocycles. The average molecular weight is 430 g/mol. The highest BCUT2D eigenvalue weighted by atomic mass is 32.1. The number of carbonyl (C=O) groups excluding carboxylic acids is 1. The van der Waals surface area contributed by atoms with Crippen LogP contribution in [0.25, 0.3) is 16.2 Å². The molecular formula is C21H27N5O3S. The normalized spacial score (nSPS) is 14.9. The van der Waals surface area contributed by atoms with Crippen molar-refractivity contribution in [1.29, 1.82) is 0 Å². The van der Waals surface area contributed by atoms with Gasteiger partial charge >= 0.3 is 0 Å². The number of ether oxygens (including phenoxy) is 2. The van der Waals surface area contributed by atoms with E-state index in [4.69, 9.17) is 19.6 Å². The van der Waals surface area contributed by atoms with E-state index in [1.807, 2.05) is 35.0 Å². The number of methoxy groups -OCH3 is 2. The van der Waals surface area contributed by atoms with Crippen LogP contribution in [0.5, 0.6) is 5.75 Å². The van der Waals surface area contributed by atoms with Gasteiger partial charge in [0.15, 0.2) is 0 Å². The summed E-state index contributed by atoms with van der Waals surface area (Å²) in [5.74, 6) is 1.06. The van der Waals surface area contributed by atoms with Crippen LogP contribution in [-0.4, -0.2) is 61.0 Å². The molecular weight excluding hydrogens is 402 g/mol. The molecule has 3 heterocycles. The van der Waals surface area contributed by atoms with E-state index in [9.17, 15) is 4.79 Å². The van der Waals surface area contributed by atoms with Crippen LogP contribution < -0.4 is 15.0 Å². The Bertz CT molecular complexity index is 945. The molecule has 0 aliphatic carbocycles. The summed E-state index contributed by atoms with van der Waals surface area (Å²) in [4.78, 5) is 20.2. The van der Waals surface area contributed by atoms with Gasteiger partial charge in [-0.3, -0.25) is 4.79 Å². The number of hydrogen-bond donors (Lipinski definition) is 1. The molecule has 2 aromatic heterocycles. The van der Waals surface area contributed by atoms with Gasteiger partial charge in [-0.2, -0.15) is 0 Å². The fourth-order valence-corrected chi connectivity index (χ4v) is 4.56. The molecule has 1 fully saturated rings. The Morgan fingerprint density at radius 1 is 1.23 bits per heavy atom. The number of benzene rings is 1. The van der Waals surface area contributed by atoms with Crippen LogP contribution in [0.4, 0.5) is 5.13 Å². The van der Waals surface area contributed by atoms with Gasteiger partial charge in [0.2, 0.25) is 16.0 Å². The maximum Gasteiger partial charge on any atom is 0.223 e. The topological polar surface area (TPSA) is 81.0 Å². The first kappa shape index (κ1) is 20.6. The number of fused-ring (bicyclic) bond motifs is 1. The van der Waals surface area contributed by atoms with Crippen LogP contribution in [0.2, 0.25) is 0 Å². The largest absolute Gasteiger partial charge is 0.497 e. The Hall–Kier alpha value is -2.65. The lowest BCUT2D eigenvalue weighted by Crippen LogP contribution is -2.41. The summed E-state index contributed by atoms with van der Waals surface area (Å²) >= 11 is 1.58. The second-order valence-electron chi connectivity index (χ2n) is 7.37. The SMILES string of the molecule is COCCCNC(=O)C1CCN(c2nn3cc(-c4ccc(OC)cc4)nc3s2)CC1. The lowest BCUT2D eigenvalue weighted by atomic mass is 9.96. The first-order valence-electron chi connectivity index (χ1n) is 10.2. The summed E-state index contributed by atoms with van der Waals surface area (Å²) in [6, 6.07) is 7.85. The van der Waals surface area contributed by atoms with Crippen LogP contribution in [0.3, 0.4) is 0 Å². The molecule has 0 unspecified atom stereocenters. The molecule has 0 saturated carbocycles. The molecule has 1 amide bonds. The van der Waals surface area contributed by atoms with Crippen molar-refractivity contribution in [2.24, 2.45) is 5.92 Å². The van der Waals surface area contributed by atoms with Gasteiger partial charge in [-0.1, -0.05) is 11.3 Å². The third kappa shape index (κ3) is 4.57. The maximum atomic E-state index is 12.3. The Balaban J connectivity index is 1.34. The minimum Gasteiger partial charge on any atom is -0.497 e. The molecule has 0 radical (unpaired) electrons. The Morgan fingerprint density at radius 3 is 2.67 bits per heavy atom. The molecule has 1 N–H and O–H groups in total. The maximum absolute atomic E-state index is 12.3. The number of amides is 1. The molecule has 0 spiro atoms. The molecule has 0 atom stereocenters. The average Bonchev–Trinajstić information content (AvgIpc) is 3.36. The van der Waals surface area contributed by atoms with E-state index in [2.05, 4.69) is 10.2 Å². The molecule has 4 rings (SSSR count). The van der Waals surface area contributed by atoms with Gasteiger partial charge in [0.05, 0.1) is 19.0 Å². The molecule has 1 saturated heterocycles. The van der Waals surface area contributed by atoms with Crippen molar-refractivity contribution in [3.63, 3.8) is 0 Å². The van der Waals surface area contributed by atoms with Crippen LogP contribution >= 0.6 is 11.3 Å². The van der Waals surface area contributed by atoms with E-state index in [1.165, 1.54) is 0 Å². The fourth-order valence-electron chi connectivity index (χ4n) is 3.62. The number of piperidine rings is 1. The predicted molar refractivity (Wildman–Crippen MR) is 117 cm³/mol. The number of nitrogens with zero attached hydrogens (tertiary/aromatic N) is 4. The number of aromatic nitrogens is 3. The van der Waals surface area contributed by atoms with Crippen LogP contribution in [0.1, 0.15) is 19.3 Å². The van der Waals surface area contributed by atoms with Gasteiger partial charge in [-0.25, -0.2) is 9.50 Å². The van der Waals surface area contributed by atoms with Crippen molar-refractivity contribution < 1.29 is 14.3 Å². The number of nitrogens with one attached hydrogen (secondary N) is 1. The minimum absolute atomic E-state index is 0.0783. The molecule has 3 aromatic rings. The van der Waals surface area contributed by atoms with E-state index >= 15 is 0 Å². The van der Waals surface area contributed by atoms with Crippen molar-refractivity contribution in [1.82, 2.24) is 19.9 Å². The van der Waals surface area contributed by atoms with Crippen LogP contribution in [0, 0.1) is 5.92 Å². The Labute approximate surface area is 179 Å². The molecule has 8 nitrogen and oxygen atoms in total. The first-order valence-corrected chi connectivity index (χ1v) is 11.0. The van der Waals surface area contributed by atoms with Gasteiger partial charge in [0.25, 0.3) is 0 Å². The second kappa shape index (κ2) is 9.44. The Morgan fingerprint density at radius 2 is 2.00 bits per heavy atom. The Kier molecular flexibility index (Phi) is 6.49. The predicted octanol–water partition coefficient (Wildman–Crippen LogP) is 2.84. The quantitative estimate of drug-likeness (QED) is 0.555. The number of imidazole rings is 1. The van der Waals surface area contributed by atoms with Crippen molar-refractivity contribution in [3.8, 4) is 17.0 Å². The molecule has 1 aliphatic heterocycles. The highest BCUT2D eigenvalue weighted by Gasteiger charge is 2.26. The highest BCUT2D eigenvalue weighted by Crippen LogP contribution is 2.30. The number of anilines is 1.